The predicted octanol–water partition coefficient (Wildman–Crippen LogP) is 2.78. The van der Waals surface area contributed by atoms with Crippen LogP contribution in [-0.4, -0.2) is 16.7 Å². The Balaban J connectivity index is 2.86. The van der Waals surface area contributed by atoms with Crippen molar-refractivity contribution < 1.29 is 0 Å². The number of H-pyrrole nitrogens is 1. The fraction of sp³-hybridized carbons (Fsp3) is 0.100. The number of nitrogens with one attached hydrogen (secondary N) is 2. The molecule has 14 heavy (non-hydrogen) atoms. The van der Waals surface area contributed by atoms with Crippen molar-refractivity contribution in [1.29, 1.82) is 0 Å². The van der Waals surface area contributed by atoms with Gasteiger partial charge in [-0.15, -0.1) is 0 Å². The van der Waals surface area contributed by atoms with E-state index in [1.807, 2.05) is 31.6 Å². The topological polar surface area (TPSA) is 27.8 Å². The Labute approximate surface area is 93.5 Å². The van der Waals surface area contributed by atoms with E-state index in [0.717, 1.165) is 16.2 Å². The molecule has 0 unspecified atom stereocenters. The van der Waals surface area contributed by atoms with Crippen LogP contribution in [0.15, 0.2) is 35.6 Å². The second-order valence-electron chi connectivity index (χ2n) is 2.60. The summed E-state index contributed by atoms with van der Waals surface area (Å²) >= 11 is 6.29. The van der Waals surface area contributed by atoms with Crippen LogP contribution in [0, 0.1) is 0 Å². The zero-order chi connectivity index (χ0) is 10.4. The predicted molar refractivity (Wildman–Crippen MR) is 68.2 cm³/mol. The zero-order valence-corrected chi connectivity index (χ0v) is 9.54. The first-order valence-corrected chi connectivity index (χ1v) is 5.45. The summed E-state index contributed by atoms with van der Waals surface area (Å²) < 4.78 is 1.63. The molecule has 0 saturated carbocycles. The third-order valence-corrected chi connectivity index (χ3v) is 2.70. The van der Waals surface area contributed by atoms with Gasteiger partial charge in [0, 0.05) is 34.7 Å². The Bertz CT molecular complexity index is 339. The van der Waals surface area contributed by atoms with Gasteiger partial charge in [0.05, 0.1) is 0 Å². The molecule has 0 bridgehead atoms. The molecule has 0 atom stereocenters. The molecule has 0 radical (unpaired) electrons. The molecular formula is C10H12N2S2. The lowest BCUT2D eigenvalue weighted by molar-refractivity contribution is 1.04. The van der Waals surface area contributed by atoms with E-state index in [4.69, 9.17) is 12.2 Å². The van der Waals surface area contributed by atoms with Crippen molar-refractivity contribution in [1.82, 2.24) is 10.3 Å². The smallest absolute Gasteiger partial charge is 0.0406 e. The average molecular weight is 224 g/mol. The molecule has 0 amide bonds. The first-order chi connectivity index (χ1) is 6.77. The van der Waals surface area contributed by atoms with Crippen LogP contribution >= 0.6 is 24.0 Å². The number of aromatic nitrogens is 1. The molecule has 0 aliphatic rings. The van der Waals surface area contributed by atoms with E-state index >= 15 is 0 Å². The first-order valence-electron chi connectivity index (χ1n) is 4.09. The normalized spacial score (nSPS) is 11.1. The number of thiocarbonyl (C=S) groups is 1. The summed E-state index contributed by atoms with van der Waals surface area (Å²) in [5, 5.41) is 3.00. The van der Waals surface area contributed by atoms with E-state index in [1.54, 1.807) is 4.70 Å². The van der Waals surface area contributed by atoms with Crippen molar-refractivity contribution >= 4 is 34.8 Å². The van der Waals surface area contributed by atoms with Gasteiger partial charge in [0.1, 0.15) is 0 Å². The number of thioether (sulfide) groups is 1. The van der Waals surface area contributed by atoms with E-state index in [1.165, 1.54) is 11.8 Å². The van der Waals surface area contributed by atoms with E-state index < -0.39 is 0 Å². The maximum atomic E-state index is 4.81. The first kappa shape index (κ1) is 11.1. The molecule has 0 saturated heterocycles. The van der Waals surface area contributed by atoms with Crippen LogP contribution in [0.5, 0.6) is 0 Å². The summed E-state index contributed by atoms with van der Waals surface area (Å²) in [6.07, 6.45) is 5.84. The summed E-state index contributed by atoms with van der Waals surface area (Å²) in [4.78, 5) is 4.02. The lowest BCUT2D eigenvalue weighted by atomic mass is 10.3. The molecule has 0 spiro atoms. The molecule has 1 rings (SSSR count). The van der Waals surface area contributed by atoms with Crippen molar-refractivity contribution in [3.05, 3.63) is 41.2 Å². The van der Waals surface area contributed by atoms with E-state index in [-0.39, 0.29) is 0 Å². The molecule has 0 fully saturated rings. The highest BCUT2D eigenvalue weighted by Gasteiger charge is 2.00. The van der Waals surface area contributed by atoms with Gasteiger partial charge in [-0.1, -0.05) is 30.6 Å². The number of rotatable bonds is 5. The van der Waals surface area contributed by atoms with Gasteiger partial charge in [-0.25, -0.2) is 0 Å². The van der Waals surface area contributed by atoms with Gasteiger partial charge in [0.25, 0.3) is 0 Å². The largest absolute Gasteiger partial charge is 0.388 e. The van der Waals surface area contributed by atoms with Crippen LogP contribution < -0.4 is 5.32 Å². The average Bonchev–Trinajstić information content (AvgIpc) is 2.68. The summed E-state index contributed by atoms with van der Waals surface area (Å²) in [6, 6.07) is 1.99. The monoisotopic (exact) mass is 224 g/mol. The summed E-state index contributed by atoms with van der Waals surface area (Å²) in [6.45, 7) is 3.90. The highest BCUT2D eigenvalue weighted by atomic mass is 32.2. The van der Waals surface area contributed by atoms with E-state index in [0.29, 0.717) is 0 Å². The molecule has 1 aromatic rings. The molecule has 0 aliphatic heterocycles. The minimum absolute atomic E-state index is 0.873. The Hall–Kier alpha value is -1.000. The van der Waals surface area contributed by atoms with E-state index in [2.05, 4.69) is 16.9 Å². The Morgan fingerprint density at radius 2 is 2.50 bits per heavy atom. The fourth-order valence-corrected chi connectivity index (χ4v) is 1.81. The highest BCUT2D eigenvalue weighted by molar-refractivity contribution is 8.23. The molecule has 2 N–H and O–H groups in total. The highest BCUT2D eigenvalue weighted by Crippen LogP contribution is 2.22. The maximum absolute atomic E-state index is 4.81. The number of hydrogen-bond acceptors (Lipinski definition) is 3. The molecule has 1 aromatic heterocycles. The molecule has 1 heterocycles. The molecule has 74 valence electrons. The van der Waals surface area contributed by atoms with Crippen molar-refractivity contribution in [3.8, 4) is 0 Å². The lowest BCUT2D eigenvalue weighted by Crippen LogP contribution is -2.04. The third kappa shape index (κ3) is 3.05. The van der Waals surface area contributed by atoms with Crippen LogP contribution in [0.2, 0.25) is 0 Å². The Kier molecular flexibility index (Phi) is 4.49. The minimum atomic E-state index is 0.873. The second-order valence-corrected chi connectivity index (χ2v) is 4.04. The van der Waals surface area contributed by atoms with Crippen LogP contribution in [0.3, 0.4) is 0 Å². The Morgan fingerprint density at radius 3 is 3.00 bits per heavy atom. The number of aromatic amines is 1. The van der Waals surface area contributed by atoms with Gasteiger partial charge in [-0.05, 0) is 17.7 Å². The van der Waals surface area contributed by atoms with Gasteiger partial charge in [-0.3, -0.25) is 0 Å². The molecular weight excluding hydrogens is 212 g/mol. The standard InChI is InChI=1S/C10H12N2S2/c1-8(11-2)10(14-7-13)5-9-3-4-12-6-9/h3-7,11-12H,1H2,2H3/b10-5-. The molecule has 0 aliphatic carbocycles. The third-order valence-electron chi connectivity index (χ3n) is 1.69. The van der Waals surface area contributed by atoms with Crippen molar-refractivity contribution in [3.63, 3.8) is 0 Å². The van der Waals surface area contributed by atoms with Crippen LogP contribution in [0.1, 0.15) is 5.56 Å². The summed E-state index contributed by atoms with van der Waals surface area (Å²) in [5.74, 6) is 0. The quantitative estimate of drug-likeness (QED) is 0.595. The van der Waals surface area contributed by atoms with Crippen molar-refractivity contribution in [2.75, 3.05) is 7.05 Å². The van der Waals surface area contributed by atoms with Crippen molar-refractivity contribution in [2.24, 2.45) is 0 Å². The SMILES string of the molecule is C=C(NC)/C(=C/c1cc[nH]c1)SC=S. The molecule has 0 aromatic carbocycles. The van der Waals surface area contributed by atoms with Gasteiger partial charge >= 0.3 is 0 Å². The van der Waals surface area contributed by atoms with Gasteiger partial charge in [0.15, 0.2) is 0 Å². The second kappa shape index (κ2) is 5.67. The van der Waals surface area contributed by atoms with Crippen LogP contribution in [-0.2, 0) is 0 Å². The fourth-order valence-electron chi connectivity index (χ4n) is 0.945. The zero-order valence-electron chi connectivity index (χ0n) is 7.91. The van der Waals surface area contributed by atoms with E-state index in [9.17, 15) is 0 Å². The van der Waals surface area contributed by atoms with Gasteiger partial charge in [-0.2, -0.15) is 0 Å². The summed E-state index contributed by atoms with van der Waals surface area (Å²) in [7, 11) is 1.84. The summed E-state index contributed by atoms with van der Waals surface area (Å²) in [5.41, 5.74) is 1.98. The van der Waals surface area contributed by atoms with Gasteiger partial charge in [0.2, 0.25) is 0 Å². The lowest BCUT2D eigenvalue weighted by Gasteiger charge is -2.06. The molecule has 2 nitrogen and oxygen atoms in total. The van der Waals surface area contributed by atoms with Crippen LogP contribution in [0.4, 0.5) is 0 Å². The number of likely N-dealkylation sites (N-methyl/N-ethyl adjacent to an activating group) is 1. The van der Waals surface area contributed by atoms with Gasteiger partial charge < -0.3 is 10.3 Å². The maximum Gasteiger partial charge on any atom is 0.0406 e. The Morgan fingerprint density at radius 1 is 1.71 bits per heavy atom. The van der Waals surface area contributed by atoms with Crippen molar-refractivity contribution in [2.45, 2.75) is 0 Å². The minimum Gasteiger partial charge on any atom is -0.388 e. The van der Waals surface area contributed by atoms with Crippen LogP contribution in [0.25, 0.3) is 6.08 Å². The molecule has 4 heteroatoms. The number of hydrogen-bond donors (Lipinski definition) is 2.